The maximum absolute atomic E-state index is 13.1. The summed E-state index contributed by atoms with van der Waals surface area (Å²) in [6, 6.07) is 11.0. The van der Waals surface area contributed by atoms with E-state index in [9.17, 15) is 9.59 Å². The van der Waals surface area contributed by atoms with Crippen LogP contribution < -0.4 is 16.5 Å². The van der Waals surface area contributed by atoms with Crippen molar-refractivity contribution in [3.8, 4) is 0 Å². The van der Waals surface area contributed by atoms with Gasteiger partial charge in [0.15, 0.2) is 5.43 Å². The Morgan fingerprint density at radius 3 is 2.58 bits per heavy atom. The van der Waals surface area contributed by atoms with Gasteiger partial charge in [-0.3, -0.25) is 9.59 Å². The van der Waals surface area contributed by atoms with Crippen molar-refractivity contribution in [3.05, 3.63) is 52.2 Å². The number of hydrogen-bond acceptors (Lipinski definition) is 5. The summed E-state index contributed by atoms with van der Waals surface area (Å²) in [6.45, 7) is 7.84. The summed E-state index contributed by atoms with van der Waals surface area (Å²) in [7, 11) is 0. The van der Waals surface area contributed by atoms with Gasteiger partial charge in [-0.05, 0) is 37.4 Å². The summed E-state index contributed by atoms with van der Waals surface area (Å²) in [6.07, 6.45) is 0. The lowest BCUT2D eigenvalue weighted by Gasteiger charge is -2.19. The number of hydrogen-bond donors (Lipinski definition) is 2. The molecule has 3 N–H and O–H groups in total. The van der Waals surface area contributed by atoms with Crippen LogP contribution >= 0.6 is 11.3 Å². The van der Waals surface area contributed by atoms with E-state index in [2.05, 4.69) is 24.1 Å². The smallest absolute Gasteiger partial charge is 0.250 e. The van der Waals surface area contributed by atoms with Gasteiger partial charge in [0.25, 0.3) is 0 Å². The van der Waals surface area contributed by atoms with Crippen LogP contribution in [0.4, 0.5) is 5.69 Å². The average Bonchev–Trinajstić information content (AvgIpc) is 2.65. The van der Waals surface area contributed by atoms with Crippen LogP contribution in [-0.2, 0) is 0 Å². The topological polar surface area (TPSA) is 75.4 Å². The molecule has 3 rings (SSSR count). The van der Waals surface area contributed by atoms with Gasteiger partial charge in [0.2, 0.25) is 5.91 Å². The Morgan fingerprint density at radius 2 is 1.88 bits per heavy atom. The number of primary amides is 1. The summed E-state index contributed by atoms with van der Waals surface area (Å²) in [5.41, 5.74) is 6.62. The van der Waals surface area contributed by atoms with E-state index >= 15 is 0 Å². The Hall–Kier alpha value is -2.44. The van der Waals surface area contributed by atoms with Gasteiger partial charge < -0.3 is 16.0 Å². The molecule has 0 saturated carbocycles. The first-order chi connectivity index (χ1) is 12.6. The van der Waals surface area contributed by atoms with E-state index in [1.165, 1.54) is 11.3 Å². The van der Waals surface area contributed by atoms with Gasteiger partial charge in [0, 0.05) is 28.9 Å². The minimum absolute atomic E-state index is 0.0669. The predicted octanol–water partition coefficient (Wildman–Crippen LogP) is 3.27. The second kappa shape index (κ2) is 7.85. The van der Waals surface area contributed by atoms with E-state index in [4.69, 9.17) is 5.73 Å². The minimum Gasteiger partial charge on any atom is -0.383 e. The second-order valence-corrected chi connectivity index (χ2v) is 7.16. The molecule has 0 fully saturated rings. The minimum atomic E-state index is -0.518. The van der Waals surface area contributed by atoms with Gasteiger partial charge in [-0.25, -0.2) is 0 Å². The van der Waals surface area contributed by atoms with Crippen LogP contribution in [0.2, 0.25) is 0 Å². The highest BCUT2D eigenvalue weighted by Crippen LogP contribution is 2.31. The molecule has 0 saturated heterocycles. The quantitative estimate of drug-likeness (QED) is 0.627. The Kier molecular flexibility index (Phi) is 5.54. The van der Waals surface area contributed by atoms with Crippen LogP contribution in [0.25, 0.3) is 20.2 Å². The van der Waals surface area contributed by atoms with Gasteiger partial charge in [0.1, 0.15) is 0 Å². The average molecular weight is 369 g/mol. The molecule has 6 heteroatoms. The molecule has 1 amide bonds. The van der Waals surface area contributed by atoms with Crippen molar-refractivity contribution >= 4 is 43.1 Å². The van der Waals surface area contributed by atoms with Crippen LogP contribution in [0.5, 0.6) is 0 Å². The highest BCUT2D eigenvalue weighted by atomic mass is 32.1. The normalized spacial score (nSPS) is 11.3. The number of nitrogens with zero attached hydrogens (tertiary/aromatic N) is 1. The second-order valence-electron chi connectivity index (χ2n) is 6.11. The first-order valence-electron chi connectivity index (χ1n) is 8.81. The molecule has 0 bridgehead atoms. The molecular weight excluding hydrogens is 346 g/mol. The summed E-state index contributed by atoms with van der Waals surface area (Å²) >= 11 is 1.43. The van der Waals surface area contributed by atoms with Crippen LogP contribution in [0.3, 0.4) is 0 Å². The number of nitrogens with one attached hydrogen (secondary N) is 1. The van der Waals surface area contributed by atoms with E-state index in [1.807, 2.05) is 24.3 Å². The first-order valence-corrected chi connectivity index (χ1v) is 9.63. The van der Waals surface area contributed by atoms with E-state index in [1.54, 1.807) is 12.1 Å². The predicted molar refractivity (Wildman–Crippen MR) is 110 cm³/mol. The Morgan fingerprint density at radius 1 is 1.15 bits per heavy atom. The molecule has 0 unspecified atom stereocenters. The number of carbonyl (C=O) groups excluding carboxylic acids is 1. The maximum atomic E-state index is 13.1. The van der Waals surface area contributed by atoms with Gasteiger partial charge in [-0.15, -0.1) is 11.3 Å². The van der Waals surface area contributed by atoms with E-state index in [0.29, 0.717) is 21.0 Å². The van der Waals surface area contributed by atoms with Crippen molar-refractivity contribution in [2.75, 3.05) is 31.5 Å². The highest BCUT2D eigenvalue weighted by Gasteiger charge is 2.16. The monoisotopic (exact) mass is 369 g/mol. The third-order valence-electron chi connectivity index (χ3n) is 4.63. The number of nitrogens with two attached hydrogens (primary N) is 1. The zero-order chi connectivity index (χ0) is 18.7. The standard InChI is InChI=1S/C20H23N3O2S/c1-3-23(4-2)12-11-22-15-10-9-14(20(21)25)19-17(15)18(24)13-7-5-6-8-16(13)26-19/h5-10,22H,3-4,11-12H2,1-2H3,(H2,21,25). The molecule has 26 heavy (non-hydrogen) atoms. The number of benzene rings is 2. The van der Waals surface area contributed by atoms with Crippen LogP contribution in [0.1, 0.15) is 24.2 Å². The lowest BCUT2D eigenvalue weighted by molar-refractivity contribution is 0.100. The zero-order valence-corrected chi connectivity index (χ0v) is 15.9. The van der Waals surface area contributed by atoms with Crippen molar-refractivity contribution in [1.29, 1.82) is 0 Å². The van der Waals surface area contributed by atoms with Crippen molar-refractivity contribution in [2.24, 2.45) is 5.73 Å². The number of amides is 1. The molecule has 0 aliphatic carbocycles. The van der Waals surface area contributed by atoms with Gasteiger partial charge in [-0.2, -0.15) is 0 Å². The molecular formula is C20H23N3O2S. The van der Waals surface area contributed by atoms with Gasteiger partial charge >= 0.3 is 0 Å². The third-order valence-corrected chi connectivity index (χ3v) is 5.84. The zero-order valence-electron chi connectivity index (χ0n) is 15.0. The first kappa shape index (κ1) is 18.4. The van der Waals surface area contributed by atoms with E-state index in [0.717, 1.165) is 36.6 Å². The molecule has 136 valence electrons. The van der Waals surface area contributed by atoms with Gasteiger partial charge in [0.05, 0.1) is 15.6 Å². The third kappa shape index (κ3) is 3.43. The Balaban J connectivity index is 2.12. The van der Waals surface area contributed by atoms with Crippen molar-refractivity contribution in [2.45, 2.75) is 13.8 Å². The fourth-order valence-corrected chi connectivity index (χ4v) is 4.35. The highest BCUT2D eigenvalue weighted by molar-refractivity contribution is 7.25. The molecule has 3 aromatic rings. The van der Waals surface area contributed by atoms with Crippen LogP contribution in [0.15, 0.2) is 41.2 Å². The van der Waals surface area contributed by atoms with E-state index < -0.39 is 5.91 Å². The number of anilines is 1. The molecule has 1 aromatic heterocycles. The molecule has 0 aliphatic heterocycles. The lowest BCUT2D eigenvalue weighted by Crippen LogP contribution is -2.28. The number of likely N-dealkylation sites (N-methyl/N-ethyl adjacent to an activating group) is 1. The van der Waals surface area contributed by atoms with Crippen molar-refractivity contribution in [1.82, 2.24) is 4.90 Å². The molecule has 0 radical (unpaired) electrons. The summed E-state index contributed by atoms with van der Waals surface area (Å²) in [4.78, 5) is 27.3. The number of fused-ring (bicyclic) bond motifs is 2. The summed E-state index contributed by atoms with van der Waals surface area (Å²) < 4.78 is 1.50. The molecule has 0 aliphatic rings. The molecule has 0 spiro atoms. The maximum Gasteiger partial charge on any atom is 0.250 e. The fraction of sp³-hybridized carbons (Fsp3) is 0.300. The van der Waals surface area contributed by atoms with Crippen molar-refractivity contribution in [3.63, 3.8) is 0 Å². The summed E-state index contributed by atoms with van der Waals surface area (Å²) in [5.74, 6) is -0.518. The van der Waals surface area contributed by atoms with Gasteiger partial charge in [-0.1, -0.05) is 26.0 Å². The van der Waals surface area contributed by atoms with E-state index in [-0.39, 0.29) is 5.43 Å². The summed E-state index contributed by atoms with van der Waals surface area (Å²) in [5, 5.41) is 4.58. The van der Waals surface area contributed by atoms with Crippen molar-refractivity contribution < 1.29 is 4.79 Å². The fourth-order valence-electron chi connectivity index (χ4n) is 3.13. The largest absolute Gasteiger partial charge is 0.383 e. The Bertz CT molecular complexity index is 1010. The molecule has 0 atom stereocenters. The SMILES string of the molecule is CCN(CC)CCNc1ccc(C(N)=O)c2sc3ccccc3c(=O)c12. The lowest BCUT2D eigenvalue weighted by atomic mass is 10.1. The molecule has 5 nitrogen and oxygen atoms in total. The molecule has 1 heterocycles. The Labute approximate surface area is 156 Å². The number of rotatable bonds is 7. The van der Waals surface area contributed by atoms with Crippen LogP contribution in [-0.4, -0.2) is 37.0 Å². The van der Waals surface area contributed by atoms with Crippen LogP contribution in [0, 0.1) is 0 Å². The number of carbonyl (C=O) groups is 1. The molecule has 2 aromatic carbocycles.